The molecule has 2 heteroatoms. The van der Waals surface area contributed by atoms with Crippen molar-refractivity contribution in [2.24, 2.45) is 0 Å². The van der Waals surface area contributed by atoms with Gasteiger partial charge in [-0.15, -0.1) is 0 Å². The maximum Gasteiger partial charge on any atom is 0.126 e. The summed E-state index contributed by atoms with van der Waals surface area (Å²) in [5.74, 6) is 1.70. The van der Waals surface area contributed by atoms with Crippen molar-refractivity contribution in [1.29, 1.82) is 0 Å². The van der Waals surface area contributed by atoms with Crippen LogP contribution in [-0.4, -0.2) is 6.61 Å². The lowest BCUT2D eigenvalue weighted by atomic mass is 9.78. The van der Waals surface area contributed by atoms with Crippen LogP contribution in [0, 0.1) is 0 Å². The molecule has 0 saturated heterocycles. The van der Waals surface area contributed by atoms with Gasteiger partial charge in [-0.3, -0.25) is 0 Å². The van der Waals surface area contributed by atoms with Gasteiger partial charge in [0.25, 0.3) is 0 Å². The molecule has 0 radical (unpaired) electrons. The maximum absolute atomic E-state index is 5.54. The zero-order valence-electron chi connectivity index (χ0n) is 14.1. The van der Waals surface area contributed by atoms with Gasteiger partial charge in [0.15, 0.2) is 0 Å². The average Bonchev–Trinajstić information content (AvgIpc) is 2.59. The van der Waals surface area contributed by atoms with Crippen LogP contribution in [0.4, 0.5) is 0 Å². The minimum absolute atomic E-state index is 0.0872. The van der Waals surface area contributed by atoms with Gasteiger partial charge in [-0.2, -0.15) is 0 Å². The fraction of sp³-hybridized carbons (Fsp3) is 0.238. The molecular weight excluding hydrogens is 284 g/mol. The van der Waals surface area contributed by atoms with Crippen molar-refractivity contribution in [3.8, 4) is 11.5 Å². The SMILES string of the molecule is C=CCOc1ccc(C(C)(C)c2ccc(O/C=C/C)cc2)cc1. The standard InChI is InChI=1S/C21H24O2/c1-5-15-22-19-11-7-17(8-12-19)21(3,4)18-9-13-20(14-10-18)23-16-6-2/h5-14,16H,1,15H2,2-4H3/b16-6+. The van der Waals surface area contributed by atoms with E-state index in [0.29, 0.717) is 6.61 Å². The molecule has 0 atom stereocenters. The summed E-state index contributed by atoms with van der Waals surface area (Å²) in [4.78, 5) is 0. The Bertz CT molecular complexity index is 649. The van der Waals surface area contributed by atoms with Crippen molar-refractivity contribution in [2.75, 3.05) is 6.61 Å². The van der Waals surface area contributed by atoms with E-state index in [4.69, 9.17) is 9.47 Å². The van der Waals surface area contributed by atoms with Gasteiger partial charge in [-0.1, -0.05) is 56.8 Å². The quantitative estimate of drug-likeness (QED) is 0.497. The van der Waals surface area contributed by atoms with E-state index < -0.39 is 0 Å². The summed E-state index contributed by atoms with van der Waals surface area (Å²) >= 11 is 0. The predicted octanol–water partition coefficient (Wildman–Crippen LogP) is 5.49. The molecule has 2 nitrogen and oxygen atoms in total. The van der Waals surface area contributed by atoms with Crippen molar-refractivity contribution in [3.63, 3.8) is 0 Å². The molecule has 2 aromatic carbocycles. The Balaban J connectivity index is 2.17. The van der Waals surface area contributed by atoms with Crippen LogP contribution in [0.15, 0.2) is 73.5 Å². The molecule has 0 aliphatic carbocycles. The highest BCUT2D eigenvalue weighted by molar-refractivity contribution is 5.41. The first-order valence-corrected chi connectivity index (χ1v) is 7.80. The van der Waals surface area contributed by atoms with Gasteiger partial charge in [0.1, 0.15) is 18.1 Å². The topological polar surface area (TPSA) is 18.5 Å². The van der Waals surface area contributed by atoms with Crippen LogP contribution in [-0.2, 0) is 5.41 Å². The van der Waals surface area contributed by atoms with Crippen LogP contribution in [0.5, 0.6) is 11.5 Å². The number of benzene rings is 2. The van der Waals surface area contributed by atoms with Crippen LogP contribution in [0.3, 0.4) is 0 Å². The lowest BCUT2D eigenvalue weighted by molar-refractivity contribution is 0.363. The molecule has 0 unspecified atom stereocenters. The second kappa shape index (κ2) is 7.68. The molecule has 23 heavy (non-hydrogen) atoms. The van der Waals surface area contributed by atoms with Gasteiger partial charge in [0.2, 0.25) is 0 Å². The molecular formula is C21H24O2. The monoisotopic (exact) mass is 308 g/mol. The number of hydrogen-bond donors (Lipinski definition) is 0. The van der Waals surface area contributed by atoms with Crippen molar-refractivity contribution in [3.05, 3.63) is 84.7 Å². The highest BCUT2D eigenvalue weighted by Gasteiger charge is 2.23. The van der Waals surface area contributed by atoms with Gasteiger partial charge in [-0.05, 0) is 42.3 Å². The number of hydrogen-bond acceptors (Lipinski definition) is 2. The second-order valence-electron chi connectivity index (χ2n) is 5.86. The Kier molecular flexibility index (Phi) is 5.64. The summed E-state index contributed by atoms with van der Waals surface area (Å²) in [6.45, 7) is 10.5. The Hall–Kier alpha value is -2.48. The fourth-order valence-electron chi connectivity index (χ4n) is 2.39. The van der Waals surface area contributed by atoms with E-state index in [2.05, 4.69) is 44.7 Å². The van der Waals surface area contributed by atoms with Crippen molar-refractivity contribution in [1.82, 2.24) is 0 Å². The molecule has 0 heterocycles. The van der Waals surface area contributed by atoms with E-state index >= 15 is 0 Å². The van der Waals surface area contributed by atoms with Gasteiger partial charge in [-0.25, -0.2) is 0 Å². The van der Waals surface area contributed by atoms with Crippen molar-refractivity contribution < 1.29 is 9.47 Å². The molecule has 0 aliphatic rings. The number of ether oxygens (including phenoxy) is 2. The average molecular weight is 308 g/mol. The third kappa shape index (κ3) is 4.26. The molecule has 120 valence electrons. The smallest absolute Gasteiger partial charge is 0.126 e. The van der Waals surface area contributed by atoms with E-state index in [-0.39, 0.29) is 5.41 Å². The van der Waals surface area contributed by atoms with Crippen LogP contribution >= 0.6 is 0 Å². The molecule has 2 rings (SSSR count). The van der Waals surface area contributed by atoms with E-state index in [0.717, 1.165) is 11.5 Å². The highest BCUT2D eigenvalue weighted by Crippen LogP contribution is 2.33. The van der Waals surface area contributed by atoms with Crippen molar-refractivity contribution >= 4 is 0 Å². The summed E-state index contributed by atoms with van der Waals surface area (Å²) in [6, 6.07) is 16.5. The van der Waals surface area contributed by atoms with Crippen molar-refractivity contribution in [2.45, 2.75) is 26.2 Å². The van der Waals surface area contributed by atoms with Crippen LogP contribution in [0.1, 0.15) is 31.9 Å². The Morgan fingerprint density at radius 2 is 1.43 bits per heavy atom. The first kappa shape index (κ1) is 16.9. The highest BCUT2D eigenvalue weighted by atomic mass is 16.5. The Morgan fingerprint density at radius 1 is 0.913 bits per heavy atom. The Morgan fingerprint density at radius 3 is 1.91 bits per heavy atom. The summed E-state index contributed by atoms with van der Waals surface area (Å²) in [5, 5.41) is 0. The molecule has 0 bridgehead atoms. The first-order chi connectivity index (χ1) is 11.1. The van der Waals surface area contributed by atoms with E-state index in [1.807, 2.05) is 37.3 Å². The molecule has 0 saturated carbocycles. The zero-order chi connectivity index (χ0) is 16.7. The lowest BCUT2D eigenvalue weighted by Gasteiger charge is -2.26. The molecule has 0 amide bonds. The predicted molar refractivity (Wildman–Crippen MR) is 96.1 cm³/mol. The second-order valence-corrected chi connectivity index (χ2v) is 5.86. The molecule has 0 aromatic heterocycles. The normalized spacial score (nSPS) is 11.4. The number of allylic oxidation sites excluding steroid dienone is 1. The zero-order valence-corrected chi connectivity index (χ0v) is 14.1. The minimum atomic E-state index is -0.0872. The third-order valence-corrected chi connectivity index (χ3v) is 3.86. The third-order valence-electron chi connectivity index (χ3n) is 3.86. The van der Waals surface area contributed by atoms with Gasteiger partial charge in [0.05, 0.1) is 6.26 Å². The summed E-state index contributed by atoms with van der Waals surface area (Å²) in [5.41, 5.74) is 2.39. The van der Waals surface area contributed by atoms with Gasteiger partial charge >= 0.3 is 0 Å². The van der Waals surface area contributed by atoms with E-state index in [1.165, 1.54) is 11.1 Å². The molecule has 0 fully saturated rings. The fourth-order valence-corrected chi connectivity index (χ4v) is 2.39. The van der Waals surface area contributed by atoms with Crippen LogP contribution in [0.2, 0.25) is 0 Å². The van der Waals surface area contributed by atoms with E-state index in [1.54, 1.807) is 12.3 Å². The van der Waals surface area contributed by atoms with E-state index in [9.17, 15) is 0 Å². The number of rotatable bonds is 7. The lowest BCUT2D eigenvalue weighted by Crippen LogP contribution is -2.18. The Labute approximate surface area is 139 Å². The van der Waals surface area contributed by atoms with Gasteiger partial charge < -0.3 is 9.47 Å². The van der Waals surface area contributed by atoms with Crippen LogP contribution < -0.4 is 9.47 Å². The molecule has 0 N–H and O–H groups in total. The minimum Gasteiger partial charge on any atom is -0.490 e. The summed E-state index contributed by atoms with van der Waals surface area (Å²) in [6.07, 6.45) is 5.30. The molecule has 0 aliphatic heterocycles. The summed E-state index contributed by atoms with van der Waals surface area (Å²) < 4.78 is 11.0. The van der Waals surface area contributed by atoms with Gasteiger partial charge in [0, 0.05) is 5.41 Å². The largest absolute Gasteiger partial charge is 0.490 e. The molecule has 0 spiro atoms. The maximum atomic E-state index is 5.54. The first-order valence-electron chi connectivity index (χ1n) is 7.80. The van der Waals surface area contributed by atoms with Crippen LogP contribution in [0.25, 0.3) is 0 Å². The molecule has 2 aromatic rings. The summed E-state index contributed by atoms with van der Waals surface area (Å²) in [7, 11) is 0.